The number of nitrogens with zero attached hydrogens (tertiary/aromatic N) is 4. The molecule has 4 nitrogen and oxygen atoms in total. The van der Waals surface area contributed by atoms with E-state index in [1.807, 2.05) is 6.07 Å². The molecule has 66 valence electrons. The normalized spacial score (nSPS) is 13.7. The quantitative estimate of drug-likeness (QED) is 0.527. The van der Waals surface area contributed by atoms with E-state index in [2.05, 4.69) is 0 Å². The first-order valence-electron chi connectivity index (χ1n) is 3.80. The molecule has 1 rings (SSSR count). The smallest absolute Gasteiger partial charge is 0.153 e. The molecule has 0 aliphatic carbocycles. The van der Waals surface area contributed by atoms with Crippen molar-refractivity contribution in [3.63, 3.8) is 0 Å². The molecule has 0 aromatic carbocycles. The first-order valence-corrected chi connectivity index (χ1v) is 3.80. The van der Waals surface area contributed by atoms with Crippen LogP contribution < -0.4 is 0 Å². The van der Waals surface area contributed by atoms with Crippen LogP contribution in [0.25, 0.3) is 0 Å². The molecule has 0 atom stereocenters. The zero-order valence-electron chi connectivity index (χ0n) is 7.52. The predicted molar refractivity (Wildman–Crippen MR) is 48.9 cm³/mol. The van der Waals surface area contributed by atoms with E-state index in [1.165, 1.54) is 0 Å². The van der Waals surface area contributed by atoms with Crippen LogP contribution in [0.1, 0.15) is 0 Å². The third-order valence-corrected chi connectivity index (χ3v) is 1.74. The second kappa shape index (κ2) is 3.94. The maximum absolute atomic E-state index is 8.64. The lowest BCUT2D eigenvalue weighted by Crippen LogP contribution is -2.14. The maximum atomic E-state index is 8.64. The largest absolute Gasteiger partial charge is 0.348 e. The first kappa shape index (κ1) is 9.58. The Morgan fingerprint density at radius 1 is 1.21 bits per heavy atom. The van der Waals surface area contributed by atoms with Gasteiger partial charge in [0, 0.05) is 13.2 Å². The summed E-state index contributed by atoms with van der Waals surface area (Å²) in [6.45, 7) is 0. The predicted octanol–water partition coefficient (Wildman–Crippen LogP) is 1.20. The van der Waals surface area contributed by atoms with Crippen molar-refractivity contribution in [2.75, 3.05) is 7.05 Å². The second-order valence-electron chi connectivity index (χ2n) is 2.62. The van der Waals surface area contributed by atoms with Gasteiger partial charge in [-0.2, -0.15) is 15.8 Å². The van der Waals surface area contributed by atoms with Crippen LogP contribution in [0.3, 0.4) is 0 Å². The van der Waals surface area contributed by atoms with Gasteiger partial charge in [0.05, 0.1) is 11.3 Å². The van der Waals surface area contributed by atoms with Crippen molar-refractivity contribution in [2.24, 2.45) is 0 Å². The van der Waals surface area contributed by atoms with Gasteiger partial charge in [0.25, 0.3) is 0 Å². The summed E-state index contributed by atoms with van der Waals surface area (Å²) in [4.78, 5) is 1.58. The Kier molecular flexibility index (Phi) is 2.69. The van der Waals surface area contributed by atoms with Gasteiger partial charge in [-0.05, 0) is 12.2 Å². The van der Waals surface area contributed by atoms with Crippen LogP contribution in [-0.4, -0.2) is 11.9 Å². The first-order chi connectivity index (χ1) is 6.72. The maximum Gasteiger partial charge on any atom is 0.153 e. The van der Waals surface area contributed by atoms with E-state index >= 15 is 0 Å². The van der Waals surface area contributed by atoms with Crippen LogP contribution in [0, 0.1) is 34.0 Å². The number of allylic oxidation sites excluding steroid dienone is 4. The second-order valence-corrected chi connectivity index (χ2v) is 2.62. The Morgan fingerprint density at radius 3 is 2.29 bits per heavy atom. The third kappa shape index (κ3) is 1.63. The number of rotatable bonds is 0. The zero-order chi connectivity index (χ0) is 10.6. The molecular formula is C10H6N4. The van der Waals surface area contributed by atoms with Gasteiger partial charge >= 0.3 is 0 Å². The Bertz CT molecular complexity index is 444. The number of hydrogen-bond donors (Lipinski definition) is 0. The molecule has 0 unspecified atom stereocenters. The monoisotopic (exact) mass is 182 g/mol. The van der Waals surface area contributed by atoms with Crippen molar-refractivity contribution in [1.82, 2.24) is 4.90 Å². The molecule has 0 radical (unpaired) electrons. The fraction of sp³-hybridized carbons (Fsp3) is 0.100. The number of nitriles is 3. The number of likely N-dealkylation sites (N-methyl/N-ethyl adjacent to an activating group) is 1. The minimum atomic E-state index is 0.0389. The minimum absolute atomic E-state index is 0.0389. The molecule has 1 aliphatic heterocycles. The third-order valence-electron chi connectivity index (χ3n) is 1.74. The molecule has 0 aromatic rings. The van der Waals surface area contributed by atoms with E-state index in [0.29, 0.717) is 11.3 Å². The average molecular weight is 182 g/mol. The SMILES string of the molecule is CN1C=C(C#N)C=CC1=C(C#N)C#N. The molecule has 0 aromatic heterocycles. The van der Waals surface area contributed by atoms with E-state index < -0.39 is 0 Å². The van der Waals surface area contributed by atoms with Crippen molar-refractivity contribution >= 4 is 0 Å². The van der Waals surface area contributed by atoms with Crippen LogP contribution in [0.5, 0.6) is 0 Å². The van der Waals surface area contributed by atoms with Gasteiger partial charge in [0.1, 0.15) is 18.2 Å². The molecule has 0 amide bonds. The Balaban J connectivity index is 3.16. The van der Waals surface area contributed by atoms with Crippen molar-refractivity contribution in [3.8, 4) is 18.2 Å². The van der Waals surface area contributed by atoms with Crippen LogP contribution in [0.4, 0.5) is 0 Å². The van der Waals surface area contributed by atoms with E-state index in [1.54, 1.807) is 42.4 Å². The lowest BCUT2D eigenvalue weighted by Gasteiger charge is -2.18. The molecule has 14 heavy (non-hydrogen) atoms. The molecule has 0 spiro atoms. The summed E-state index contributed by atoms with van der Waals surface area (Å²) in [5, 5.41) is 25.9. The summed E-state index contributed by atoms with van der Waals surface area (Å²) < 4.78 is 0. The molecule has 0 saturated heterocycles. The highest BCUT2D eigenvalue weighted by Crippen LogP contribution is 2.17. The molecule has 1 aliphatic rings. The van der Waals surface area contributed by atoms with E-state index in [4.69, 9.17) is 15.8 Å². The fourth-order valence-electron chi connectivity index (χ4n) is 1.07. The van der Waals surface area contributed by atoms with Crippen molar-refractivity contribution < 1.29 is 0 Å². The fourth-order valence-corrected chi connectivity index (χ4v) is 1.07. The lowest BCUT2D eigenvalue weighted by atomic mass is 10.1. The highest BCUT2D eigenvalue weighted by atomic mass is 15.1. The zero-order valence-corrected chi connectivity index (χ0v) is 7.52. The van der Waals surface area contributed by atoms with Crippen LogP contribution in [-0.2, 0) is 0 Å². The van der Waals surface area contributed by atoms with E-state index in [-0.39, 0.29) is 5.57 Å². The summed E-state index contributed by atoms with van der Waals surface area (Å²) in [5.74, 6) is 0. The van der Waals surface area contributed by atoms with Crippen molar-refractivity contribution in [2.45, 2.75) is 0 Å². The molecule has 0 N–H and O–H groups in total. The molecule has 0 saturated carbocycles. The summed E-state index contributed by atoms with van der Waals surface area (Å²) >= 11 is 0. The lowest BCUT2D eigenvalue weighted by molar-refractivity contribution is 0.578. The number of hydrogen-bond acceptors (Lipinski definition) is 4. The molecule has 0 fully saturated rings. The van der Waals surface area contributed by atoms with Gasteiger partial charge in [0.2, 0.25) is 0 Å². The topological polar surface area (TPSA) is 74.6 Å². The van der Waals surface area contributed by atoms with Crippen molar-refractivity contribution in [1.29, 1.82) is 15.8 Å². The van der Waals surface area contributed by atoms with Crippen LogP contribution in [0.15, 0.2) is 35.2 Å². The van der Waals surface area contributed by atoms with Gasteiger partial charge in [-0.15, -0.1) is 0 Å². The standard InChI is InChI=1S/C10H6N4/c1-14-7-8(4-11)2-3-10(14)9(5-12)6-13/h2-3,7H,1H3. The highest BCUT2D eigenvalue weighted by Gasteiger charge is 2.11. The molecule has 4 heteroatoms. The minimum Gasteiger partial charge on any atom is -0.348 e. The molecule has 0 bridgehead atoms. The van der Waals surface area contributed by atoms with Crippen molar-refractivity contribution in [3.05, 3.63) is 35.2 Å². The van der Waals surface area contributed by atoms with Gasteiger partial charge in [-0.3, -0.25) is 0 Å². The van der Waals surface area contributed by atoms with Gasteiger partial charge in [-0.1, -0.05) is 0 Å². The van der Waals surface area contributed by atoms with E-state index in [0.717, 1.165) is 0 Å². The van der Waals surface area contributed by atoms with Gasteiger partial charge < -0.3 is 4.90 Å². The summed E-state index contributed by atoms with van der Waals surface area (Å²) in [7, 11) is 1.69. The molecule has 1 heterocycles. The molecular weight excluding hydrogens is 176 g/mol. The van der Waals surface area contributed by atoms with Gasteiger partial charge in [0.15, 0.2) is 5.57 Å². The van der Waals surface area contributed by atoms with Crippen LogP contribution >= 0.6 is 0 Å². The average Bonchev–Trinajstić information content (AvgIpc) is 2.22. The Labute approximate surface area is 81.9 Å². The van der Waals surface area contributed by atoms with Crippen LogP contribution in [0.2, 0.25) is 0 Å². The van der Waals surface area contributed by atoms with E-state index in [9.17, 15) is 0 Å². The Hall–Kier alpha value is -2.51. The van der Waals surface area contributed by atoms with Gasteiger partial charge in [-0.25, -0.2) is 0 Å². The highest BCUT2D eigenvalue weighted by molar-refractivity contribution is 5.49. The summed E-state index contributed by atoms with van der Waals surface area (Å²) in [6, 6.07) is 5.57. The Morgan fingerprint density at radius 2 is 1.86 bits per heavy atom. The summed E-state index contributed by atoms with van der Waals surface area (Å²) in [5.41, 5.74) is 1.04. The summed E-state index contributed by atoms with van der Waals surface area (Å²) in [6.07, 6.45) is 4.73.